The van der Waals surface area contributed by atoms with E-state index < -0.39 is 28.3 Å². The smallest absolute Gasteiger partial charge is 0.334 e. The third-order valence-electron chi connectivity index (χ3n) is 3.84. The lowest BCUT2D eigenvalue weighted by molar-refractivity contribution is -0.383. The summed E-state index contributed by atoms with van der Waals surface area (Å²) in [6, 6.07) is 10.0. The van der Waals surface area contributed by atoms with Gasteiger partial charge in [0.05, 0.1) is 10.5 Å². The standard InChI is InChI=1S/C18H12ClF3N6O3/c19-12-5-1-3-10(7-12)17(29)27-26-16-14(28(30)31)15(23-9-24-16)25-13-6-2-4-11(8-13)18(20,21)22/h1-9H,(H,27,29)(H2,23,24,25,26). The van der Waals surface area contributed by atoms with E-state index in [1.165, 1.54) is 18.2 Å². The van der Waals surface area contributed by atoms with Crippen molar-refractivity contribution in [1.29, 1.82) is 0 Å². The Kier molecular flexibility index (Phi) is 6.20. The number of halogens is 4. The number of aromatic nitrogens is 2. The molecule has 31 heavy (non-hydrogen) atoms. The van der Waals surface area contributed by atoms with Crippen molar-refractivity contribution < 1.29 is 22.9 Å². The van der Waals surface area contributed by atoms with Crippen LogP contribution in [0.2, 0.25) is 5.02 Å². The van der Waals surface area contributed by atoms with Crippen molar-refractivity contribution in [3.63, 3.8) is 0 Å². The molecule has 3 rings (SSSR count). The minimum atomic E-state index is -4.59. The van der Waals surface area contributed by atoms with Crippen LogP contribution in [-0.4, -0.2) is 20.8 Å². The van der Waals surface area contributed by atoms with Crippen LogP contribution >= 0.6 is 11.6 Å². The Bertz CT molecular complexity index is 1140. The van der Waals surface area contributed by atoms with Crippen LogP contribution in [0.3, 0.4) is 0 Å². The summed E-state index contributed by atoms with van der Waals surface area (Å²) in [4.78, 5) is 30.3. The molecule has 0 fully saturated rings. The maximum absolute atomic E-state index is 12.9. The molecule has 3 N–H and O–H groups in total. The third-order valence-corrected chi connectivity index (χ3v) is 4.07. The molecule has 3 aromatic rings. The van der Waals surface area contributed by atoms with Gasteiger partial charge in [0.25, 0.3) is 5.91 Å². The molecule has 1 aromatic heterocycles. The molecule has 160 valence electrons. The second kappa shape index (κ2) is 8.83. The topological polar surface area (TPSA) is 122 Å². The molecular weight excluding hydrogens is 441 g/mol. The number of nitro groups is 1. The van der Waals surface area contributed by atoms with E-state index in [4.69, 9.17) is 11.6 Å². The fraction of sp³-hybridized carbons (Fsp3) is 0.0556. The Labute approximate surface area is 177 Å². The predicted octanol–water partition coefficient (Wildman–Crippen LogP) is 4.56. The van der Waals surface area contributed by atoms with Gasteiger partial charge in [-0.25, -0.2) is 9.97 Å². The summed E-state index contributed by atoms with van der Waals surface area (Å²) in [5.74, 6) is -1.41. The molecule has 0 aliphatic rings. The molecule has 0 radical (unpaired) electrons. The molecule has 0 unspecified atom stereocenters. The van der Waals surface area contributed by atoms with Crippen molar-refractivity contribution in [3.05, 3.63) is 81.1 Å². The number of nitrogens with zero attached hydrogens (tertiary/aromatic N) is 3. The van der Waals surface area contributed by atoms with Crippen LogP contribution in [0.15, 0.2) is 54.9 Å². The summed E-state index contributed by atoms with van der Waals surface area (Å²) in [6.07, 6.45) is -3.65. The fourth-order valence-electron chi connectivity index (χ4n) is 2.46. The van der Waals surface area contributed by atoms with Crippen molar-refractivity contribution in [2.75, 3.05) is 10.7 Å². The maximum atomic E-state index is 12.9. The van der Waals surface area contributed by atoms with Crippen LogP contribution in [-0.2, 0) is 6.18 Å². The molecule has 1 heterocycles. The van der Waals surface area contributed by atoms with E-state index in [1.807, 2.05) is 0 Å². The zero-order valence-electron chi connectivity index (χ0n) is 15.3. The van der Waals surface area contributed by atoms with Gasteiger partial charge in [0.15, 0.2) is 0 Å². The highest BCUT2D eigenvalue weighted by molar-refractivity contribution is 6.30. The molecule has 13 heteroatoms. The molecular formula is C18H12ClF3N6O3. The summed E-state index contributed by atoms with van der Waals surface area (Å²) in [5.41, 5.74) is 3.03. The molecule has 0 saturated carbocycles. The zero-order valence-corrected chi connectivity index (χ0v) is 16.0. The van der Waals surface area contributed by atoms with Crippen molar-refractivity contribution in [3.8, 4) is 0 Å². The summed E-state index contributed by atoms with van der Waals surface area (Å²) < 4.78 is 38.7. The molecule has 1 amide bonds. The van der Waals surface area contributed by atoms with E-state index in [0.717, 1.165) is 24.5 Å². The predicted molar refractivity (Wildman–Crippen MR) is 106 cm³/mol. The van der Waals surface area contributed by atoms with Crippen LogP contribution in [0.4, 0.5) is 36.2 Å². The van der Waals surface area contributed by atoms with Gasteiger partial charge >= 0.3 is 11.9 Å². The highest BCUT2D eigenvalue weighted by Crippen LogP contribution is 2.34. The highest BCUT2D eigenvalue weighted by atomic mass is 35.5. The van der Waals surface area contributed by atoms with Crippen molar-refractivity contribution >= 4 is 40.5 Å². The molecule has 0 saturated heterocycles. The first-order valence-electron chi connectivity index (χ1n) is 8.41. The van der Waals surface area contributed by atoms with Crippen molar-refractivity contribution in [2.45, 2.75) is 6.18 Å². The van der Waals surface area contributed by atoms with Gasteiger partial charge in [-0.1, -0.05) is 23.7 Å². The van der Waals surface area contributed by atoms with Gasteiger partial charge in [0.1, 0.15) is 6.33 Å². The summed E-state index contributed by atoms with van der Waals surface area (Å²) in [6.45, 7) is 0. The molecule has 0 aliphatic heterocycles. The monoisotopic (exact) mass is 452 g/mol. The van der Waals surface area contributed by atoms with Crippen molar-refractivity contribution in [1.82, 2.24) is 15.4 Å². The van der Waals surface area contributed by atoms with E-state index in [0.29, 0.717) is 5.02 Å². The number of rotatable bonds is 6. The minimum absolute atomic E-state index is 0.0782. The molecule has 0 bridgehead atoms. The average molecular weight is 453 g/mol. The average Bonchev–Trinajstić information content (AvgIpc) is 2.71. The number of hydrogen-bond acceptors (Lipinski definition) is 7. The van der Waals surface area contributed by atoms with E-state index in [1.54, 1.807) is 12.1 Å². The van der Waals surface area contributed by atoms with Gasteiger partial charge in [-0.3, -0.25) is 25.8 Å². The SMILES string of the molecule is O=C(NNc1ncnc(Nc2cccc(C(F)(F)F)c2)c1[N+](=O)[O-])c1cccc(Cl)c1. The van der Waals surface area contributed by atoms with E-state index in [2.05, 4.69) is 26.1 Å². The minimum Gasteiger partial charge on any atom is -0.334 e. The first-order chi connectivity index (χ1) is 14.6. The number of carbonyl (C=O) groups is 1. The Morgan fingerprint density at radius 3 is 2.45 bits per heavy atom. The van der Waals surface area contributed by atoms with Crippen LogP contribution in [0.5, 0.6) is 0 Å². The second-order valence-corrected chi connectivity index (χ2v) is 6.41. The van der Waals surface area contributed by atoms with Gasteiger partial charge in [-0.15, -0.1) is 0 Å². The molecule has 0 spiro atoms. The quantitative estimate of drug-likeness (QED) is 0.370. The van der Waals surface area contributed by atoms with E-state index in [-0.39, 0.29) is 22.9 Å². The number of anilines is 3. The maximum Gasteiger partial charge on any atom is 0.416 e. The largest absolute Gasteiger partial charge is 0.416 e. The van der Waals surface area contributed by atoms with Gasteiger partial charge in [-0.2, -0.15) is 13.2 Å². The first-order valence-corrected chi connectivity index (χ1v) is 8.78. The summed E-state index contributed by atoms with van der Waals surface area (Å²) >= 11 is 5.82. The number of nitrogens with one attached hydrogen (secondary N) is 3. The third kappa shape index (κ3) is 5.36. The van der Waals surface area contributed by atoms with Crippen LogP contribution in [0.1, 0.15) is 15.9 Å². The van der Waals surface area contributed by atoms with Gasteiger partial charge < -0.3 is 5.32 Å². The van der Waals surface area contributed by atoms with Crippen molar-refractivity contribution in [2.24, 2.45) is 0 Å². The molecule has 9 nitrogen and oxygen atoms in total. The Hall–Kier alpha value is -3.93. The second-order valence-electron chi connectivity index (χ2n) is 5.97. The lowest BCUT2D eigenvalue weighted by Crippen LogP contribution is -2.30. The number of carbonyl (C=O) groups excluding carboxylic acids is 1. The van der Waals surface area contributed by atoms with E-state index in [9.17, 15) is 28.1 Å². The number of amides is 1. The lowest BCUT2D eigenvalue weighted by atomic mass is 10.2. The summed E-state index contributed by atoms with van der Waals surface area (Å²) in [7, 11) is 0. The number of hydrazine groups is 1. The first kappa shape index (κ1) is 21.8. The number of alkyl halides is 3. The summed E-state index contributed by atoms with van der Waals surface area (Å²) in [5, 5.41) is 14.3. The molecule has 2 aromatic carbocycles. The van der Waals surface area contributed by atoms with Gasteiger partial charge in [-0.05, 0) is 36.4 Å². The number of benzene rings is 2. The van der Waals surface area contributed by atoms with Gasteiger partial charge in [0.2, 0.25) is 11.6 Å². The normalized spacial score (nSPS) is 11.0. The highest BCUT2D eigenvalue weighted by Gasteiger charge is 2.31. The Morgan fingerprint density at radius 2 is 1.77 bits per heavy atom. The van der Waals surface area contributed by atoms with E-state index >= 15 is 0 Å². The fourth-order valence-corrected chi connectivity index (χ4v) is 2.65. The van der Waals surface area contributed by atoms with Gasteiger partial charge in [0, 0.05) is 16.3 Å². The van der Waals surface area contributed by atoms with Crippen LogP contribution in [0.25, 0.3) is 0 Å². The molecule has 0 atom stereocenters. The lowest BCUT2D eigenvalue weighted by Gasteiger charge is -2.12. The van der Waals surface area contributed by atoms with Crippen LogP contribution < -0.4 is 16.2 Å². The number of hydrogen-bond donors (Lipinski definition) is 3. The molecule has 0 aliphatic carbocycles. The van der Waals surface area contributed by atoms with Crippen LogP contribution in [0, 0.1) is 10.1 Å². The Balaban J connectivity index is 1.85. The zero-order chi connectivity index (χ0) is 22.6. The Morgan fingerprint density at radius 1 is 1.06 bits per heavy atom.